The predicted molar refractivity (Wildman–Crippen MR) is 121 cm³/mol. The molecule has 0 radical (unpaired) electrons. The maximum Gasteiger partial charge on any atom is 0.270 e. The van der Waals surface area contributed by atoms with Gasteiger partial charge in [-0.1, -0.05) is 18.2 Å². The molecule has 1 aromatic carbocycles. The number of carbonyl (C=O) groups is 3. The summed E-state index contributed by atoms with van der Waals surface area (Å²) in [6.45, 7) is 6.94. The van der Waals surface area contributed by atoms with Crippen molar-refractivity contribution in [3.63, 3.8) is 0 Å². The number of hydrogen-bond acceptors (Lipinski definition) is 7. The molecule has 1 fully saturated rings. The fourth-order valence-electron chi connectivity index (χ4n) is 3.80. The number of ether oxygens (including phenoxy) is 1. The van der Waals surface area contributed by atoms with Gasteiger partial charge in [-0.25, -0.2) is 4.98 Å². The number of thiazole rings is 1. The van der Waals surface area contributed by atoms with Crippen LogP contribution in [0.15, 0.2) is 29.6 Å². The molecule has 0 spiro atoms. The molecule has 2 aliphatic rings. The number of morpholine rings is 1. The van der Waals surface area contributed by atoms with Gasteiger partial charge in [-0.15, -0.1) is 11.3 Å². The quantitative estimate of drug-likeness (QED) is 0.584. The molecule has 170 valence electrons. The molecule has 2 aromatic rings. The Balaban J connectivity index is 1.24. The Bertz CT molecular complexity index is 988. The van der Waals surface area contributed by atoms with Crippen molar-refractivity contribution in [3.05, 3.63) is 46.5 Å². The van der Waals surface area contributed by atoms with Gasteiger partial charge in [-0.3, -0.25) is 19.3 Å². The Hall–Kier alpha value is -2.82. The first-order chi connectivity index (χ1) is 15.5. The van der Waals surface area contributed by atoms with Gasteiger partial charge in [0.2, 0.25) is 5.91 Å². The molecule has 2 N–H and O–H groups in total. The monoisotopic (exact) mass is 457 g/mol. The van der Waals surface area contributed by atoms with E-state index in [1.54, 1.807) is 18.4 Å². The van der Waals surface area contributed by atoms with E-state index in [2.05, 4.69) is 20.5 Å². The minimum atomic E-state index is -0.656. The number of anilines is 1. The summed E-state index contributed by atoms with van der Waals surface area (Å²) < 4.78 is 5.33. The molecule has 10 heteroatoms. The average Bonchev–Trinajstić information content (AvgIpc) is 3.41. The summed E-state index contributed by atoms with van der Waals surface area (Å²) in [5.74, 6) is -0.751. The lowest BCUT2D eigenvalue weighted by Crippen LogP contribution is -2.42. The van der Waals surface area contributed by atoms with E-state index in [0.717, 1.165) is 44.8 Å². The van der Waals surface area contributed by atoms with E-state index < -0.39 is 6.04 Å². The van der Waals surface area contributed by atoms with Crippen LogP contribution in [0, 0.1) is 0 Å². The van der Waals surface area contributed by atoms with E-state index >= 15 is 0 Å². The molecule has 9 nitrogen and oxygen atoms in total. The van der Waals surface area contributed by atoms with Crippen molar-refractivity contribution in [3.8, 4) is 0 Å². The normalized spacial score (nSPS) is 17.2. The molecule has 0 bridgehead atoms. The molecule has 1 aromatic heterocycles. The van der Waals surface area contributed by atoms with Crippen molar-refractivity contribution in [1.82, 2.24) is 20.1 Å². The molecule has 4 rings (SSSR count). The zero-order valence-corrected chi connectivity index (χ0v) is 18.8. The van der Waals surface area contributed by atoms with Crippen LogP contribution < -0.4 is 10.6 Å². The Morgan fingerprint density at radius 3 is 2.81 bits per heavy atom. The number of benzene rings is 1. The summed E-state index contributed by atoms with van der Waals surface area (Å²) in [5.41, 5.74) is 1.82. The van der Waals surface area contributed by atoms with Crippen LogP contribution in [-0.2, 0) is 16.1 Å². The van der Waals surface area contributed by atoms with Crippen LogP contribution in [0.25, 0.3) is 0 Å². The van der Waals surface area contributed by atoms with Crippen molar-refractivity contribution in [2.75, 3.05) is 44.7 Å². The summed E-state index contributed by atoms with van der Waals surface area (Å²) >= 11 is 1.19. The van der Waals surface area contributed by atoms with Crippen LogP contribution in [-0.4, -0.2) is 77.9 Å². The first-order valence-corrected chi connectivity index (χ1v) is 11.6. The molecule has 3 heterocycles. The molecule has 3 amide bonds. The smallest absolute Gasteiger partial charge is 0.270 e. The second-order valence-corrected chi connectivity index (χ2v) is 8.71. The molecular formula is C22H27N5O4S. The lowest BCUT2D eigenvalue weighted by Gasteiger charge is -2.26. The van der Waals surface area contributed by atoms with Crippen LogP contribution in [0.4, 0.5) is 5.13 Å². The van der Waals surface area contributed by atoms with E-state index in [1.807, 2.05) is 18.2 Å². The van der Waals surface area contributed by atoms with E-state index in [4.69, 9.17) is 4.74 Å². The van der Waals surface area contributed by atoms with Gasteiger partial charge < -0.3 is 20.3 Å². The number of aromatic nitrogens is 1. The van der Waals surface area contributed by atoms with Crippen molar-refractivity contribution < 1.29 is 19.1 Å². The third kappa shape index (κ3) is 5.14. The molecule has 1 saturated heterocycles. The largest absolute Gasteiger partial charge is 0.379 e. The summed E-state index contributed by atoms with van der Waals surface area (Å²) in [7, 11) is 0. The fraction of sp³-hybridized carbons (Fsp3) is 0.455. The highest BCUT2D eigenvalue weighted by molar-refractivity contribution is 7.14. The highest BCUT2D eigenvalue weighted by Crippen LogP contribution is 2.25. The van der Waals surface area contributed by atoms with Crippen LogP contribution in [0.5, 0.6) is 0 Å². The van der Waals surface area contributed by atoms with Crippen LogP contribution >= 0.6 is 11.3 Å². The molecule has 0 unspecified atom stereocenters. The topological polar surface area (TPSA) is 104 Å². The van der Waals surface area contributed by atoms with Gasteiger partial charge in [-0.05, 0) is 31.5 Å². The predicted octanol–water partition coefficient (Wildman–Crippen LogP) is 1.58. The summed E-state index contributed by atoms with van der Waals surface area (Å²) in [6.07, 6.45) is 0.850. The molecule has 0 saturated carbocycles. The minimum absolute atomic E-state index is 0.153. The Labute approximate surface area is 190 Å². The standard InChI is InChI=1S/C22H27N5O4S/c1-15(27-13-16-5-2-3-6-17(16)21(27)30)19(28)25-22-24-18(14-32-22)20(29)23-7-4-8-26-9-11-31-12-10-26/h2-3,5-6,14-15H,4,7-13H2,1H3,(H,23,29)(H,24,25,28)/t15-/m1/s1. The summed E-state index contributed by atoms with van der Waals surface area (Å²) in [5, 5.41) is 7.55. The highest BCUT2D eigenvalue weighted by atomic mass is 32.1. The summed E-state index contributed by atoms with van der Waals surface area (Å²) in [6, 6.07) is 6.71. The minimum Gasteiger partial charge on any atom is -0.379 e. The van der Waals surface area contributed by atoms with Crippen molar-refractivity contribution >= 4 is 34.2 Å². The van der Waals surface area contributed by atoms with E-state index in [9.17, 15) is 14.4 Å². The first-order valence-electron chi connectivity index (χ1n) is 10.8. The number of carbonyl (C=O) groups excluding carboxylic acids is 3. The maximum atomic E-state index is 12.7. The highest BCUT2D eigenvalue weighted by Gasteiger charge is 2.33. The zero-order chi connectivity index (χ0) is 22.5. The van der Waals surface area contributed by atoms with E-state index in [1.165, 1.54) is 16.2 Å². The Morgan fingerprint density at radius 1 is 1.25 bits per heavy atom. The van der Waals surface area contributed by atoms with Gasteiger partial charge in [0.15, 0.2) is 5.13 Å². The van der Waals surface area contributed by atoms with Gasteiger partial charge in [0.05, 0.1) is 13.2 Å². The number of rotatable bonds is 8. The Morgan fingerprint density at radius 2 is 2.03 bits per heavy atom. The van der Waals surface area contributed by atoms with Crippen LogP contribution in [0.1, 0.15) is 39.8 Å². The molecule has 2 aliphatic heterocycles. The lowest BCUT2D eigenvalue weighted by atomic mass is 10.1. The second-order valence-electron chi connectivity index (χ2n) is 7.86. The SMILES string of the molecule is C[C@H](C(=O)Nc1nc(C(=O)NCCCN2CCOCC2)cs1)N1Cc2ccccc2C1=O. The van der Waals surface area contributed by atoms with Crippen molar-refractivity contribution in [1.29, 1.82) is 0 Å². The van der Waals surface area contributed by atoms with Gasteiger partial charge in [-0.2, -0.15) is 0 Å². The number of hydrogen-bond donors (Lipinski definition) is 2. The van der Waals surface area contributed by atoms with E-state index in [0.29, 0.717) is 23.8 Å². The zero-order valence-electron chi connectivity index (χ0n) is 18.0. The number of nitrogens with one attached hydrogen (secondary N) is 2. The van der Waals surface area contributed by atoms with E-state index in [-0.39, 0.29) is 23.4 Å². The van der Waals surface area contributed by atoms with Crippen LogP contribution in [0.2, 0.25) is 0 Å². The third-order valence-corrected chi connectivity index (χ3v) is 6.46. The lowest BCUT2D eigenvalue weighted by molar-refractivity contribution is -0.120. The molecular weight excluding hydrogens is 430 g/mol. The molecule has 32 heavy (non-hydrogen) atoms. The Kier molecular flexibility index (Phi) is 7.13. The summed E-state index contributed by atoms with van der Waals surface area (Å²) in [4.78, 5) is 45.7. The third-order valence-electron chi connectivity index (χ3n) is 5.70. The van der Waals surface area contributed by atoms with Gasteiger partial charge in [0.25, 0.3) is 11.8 Å². The van der Waals surface area contributed by atoms with Crippen molar-refractivity contribution in [2.45, 2.75) is 25.9 Å². The van der Waals surface area contributed by atoms with Crippen LogP contribution in [0.3, 0.4) is 0 Å². The second kappa shape index (κ2) is 10.2. The van der Waals surface area contributed by atoms with Gasteiger partial charge in [0, 0.05) is 37.1 Å². The first kappa shape index (κ1) is 22.4. The van der Waals surface area contributed by atoms with Gasteiger partial charge in [0.1, 0.15) is 11.7 Å². The molecule has 1 atom stereocenters. The number of amides is 3. The molecule has 0 aliphatic carbocycles. The average molecular weight is 458 g/mol. The maximum absolute atomic E-state index is 12.7. The van der Waals surface area contributed by atoms with Gasteiger partial charge >= 0.3 is 0 Å². The number of fused-ring (bicyclic) bond motifs is 1. The fourth-order valence-corrected chi connectivity index (χ4v) is 4.49. The van der Waals surface area contributed by atoms with Crippen molar-refractivity contribution in [2.24, 2.45) is 0 Å². The number of nitrogens with zero attached hydrogens (tertiary/aromatic N) is 3.